The molecule has 0 spiro atoms. The van der Waals surface area contributed by atoms with E-state index in [2.05, 4.69) is 10.2 Å². The average molecular weight is 557 g/mol. The van der Waals surface area contributed by atoms with Gasteiger partial charge < -0.3 is 24.8 Å². The van der Waals surface area contributed by atoms with Crippen LogP contribution in [-0.4, -0.2) is 67.1 Å². The van der Waals surface area contributed by atoms with Gasteiger partial charge in [0.2, 0.25) is 5.60 Å². The Morgan fingerprint density at radius 3 is 2.24 bits per heavy atom. The van der Waals surface area contributed by atoms with Crippen LogP contribution in [-0.2, 0) is 19.9 Å². The third-order valence-corrected chi connectivity index (χ3v) is 8.72. The Morgan fingerprint density at radius 2 is 1.68 bits per heavy atom. The molecule has 0 radical (unpaired) electrons. The van der Waals surface area contributed by atoms with Gasteiger partial charge in [0.25, 0.3) is 5.91 Å². The van der Waals surface area contributed by atoms with Gasteiger partial charge >= 0.3 is 5.97 Å². The van der Waals surface area contributed by atoms with Gasteiger partial charge in [-0.15, -0.1) is 22.7 Å². The summed E-state index contributed by atoms with van der Waals surface area (Å²) in [7, 11) is 2.03. The van der Waals surface area contributed by atoms with Gasteiger partial charge in [-0.05, 0) is 79.9 Å². The van der Waals surface area contributed by atoms with Crippen molar-refractivity contribution in [1.29, 1.82) is 0 Å². The van der Waals surface area contributed by atoms with E-state index in [0.29, 0.717) is 40.2 Å². The number of carbonyl (C=O) groups excluding carboxylic acids is 3. The van der Waals surface area contributed by atoms with Crippen LogP contribution in [0.4, 0.5) is 0 Å². The predicted molar refractivity (Wildman–Crippen MR) is 147 cm³/mol. The Morgan fingerprint density at radius 1 is 1.05 bits per heavy atom. The Hall–Kier alpha value is -3.05. The van der Waals surface area contributed by atoms with Crippen molar-refractivity contribution in [2.75, 3.05) is 26.7 Å². The smallest absolute Gasteiger partial charge is 0.349 e. The second kappa shape index (κ2) is 13.1. The molecule has 4 rings (SSSR count). The Bertz CT molecular complexity index is 1140. The van der Waals surface area contributed by atoms with Gasteiger partial charge in [0, 0.05) is 24.7 Å². The van der Waals surface area contributed by atoms with Crippen molar-refractivity contribution in [1.82, 2.24) is 10.2 Å². The molecule has 0 unspecified atom stereocenters. The van der Waals surface area contributed by atoms with Crippen LogP contribution in [0.5, 0.6) is 5.75 Å². The van der Waals surface area contributed by atoms with Gasteiger partial charge in [-0.25, -0.2) is 4.79 Å². The number of esters is 1. The molecule has 1 fully saturated rings. The second-order valence-electron chi connectivity index (χ2n) is 9.31. The minimum atomic E-state index is -1.78. The second-order valence-corrected chi connectivity index (χ2v) is 11.2. The van der Waals surface area contributed by atoms with Gasteiger partial charge in [-0.1, -0.05) is 12.1 Å². The molecule has 1 amide bonds. The zero-order chi connectivity index (χ0) is 27.0. The van der Waals surface area contributed by atoms with Crippen molar-refractivity contribution in [2.24, 2.45) is 0 Å². The number of amides is 1. The Balaban J connectivity index is 1.18. The van der Waals surface area contributed by atoms with Gasteiger partial charge in [0.15, 0.2) is 6.61 Å². The number of ether oxygens (including phenoxy) is 2. The lowest BCUT2D eigenvalue weighted by molar-refractivity contribution is -0.169. The van der Waals surface area contributed by atoms with Crippen molar-refractivity contribution >= 4 is 40.8 Å². The van der Waals surface area contributed by atoms with E-state index in [1.807, 2.05) is 29.9 Å². The predicted octanol–water partition coefficient (Wildman–Crippen LogP) is 3.84. The molecule has 1 aliphatic rings. The third kappa shape index (κ3) is 6.87. The Labute approximate surface area is 230 Å². The van der Waals surface area contributed by atoms with Crippen LogP contribution < -0.4 is 10.1 Å². The highest BCUT2D eigenvalue weighted by molar-refractivity contribution is 7.12. The minimum absolute atomic E-state index is 0.0933. The van der Waals surface area contributed by atoms with Crippen LogP contribution in [0.3, 0.4) is 0 Å². The maximum Gasteiger partial charge on any atom is 0.349 e. The maximum atomic E-state index is 13.2. The number of nitrogens with zero attached hydrogens (tertiary/aromatic N) is 1. The van der Waals surface area contributed by atoms with E-state index in [9.17, 15) is 19.5 Å². The van der Waals surface area contributed by atoms with E-state index in [1.165, 1.54) is 22.7 Å². The molecule has 10 heteroatoms. The third-order valence-electron chi connectivity index (χ3n) is 6.76. The van der Waals surface area contributed by atoms with E-state index in [4.69, 9.17) is 9.47 Å². The average Bonchev–Trinajstić information content (AvgIpc) is 3.68. The zero-order valence-corrected chi connectivity index (χ0v) is 22.8. The first-order chi connectivity index (χ1) is 18.4. The number of carbonyl (C=O) groups is 3. The molecule has 0 saturated heterocycles. The summed E-state index contributed by atoms with van der Waals surface area (Å²) < 4.78 is 11.3. The lowest BCUT2D eigenvalue weighted by atomic mass is 9.91. The minimum Gasteiger partial charge on any atom is -0.484 e. The number of benzene rings is 1. The van der Waals surface area contributed by atoms with Crippen molar-refractivity contribution in [3.05, 3.63) is 74.6 Å². The number of hydrogen-bond donors (Lipinski definition) is 2. The van der Waals surface area contributed by atoms with Gasteiger partial charge in [0.1, 0.15) is 18.1 Å². The number of aldehydes is 1. The fraction of sp³-hybridized carbons (Fsp3) is 0.393. The first kappa shape index (κ1) is 28.0. The van der Waals surface area contributed by atoms with E-state index in [0.717, 1.165) is 32.0 Å². The van der Waals surface area contributed by atoms with E-state index < -0.39 is 11.6 Å². The number of nitrogens with one attached hydrogen (secondary N) is 1. The van der Waals surface area contributed by atoms with Crippen LogP contribution in [0.25, 0.3) is 0 Å². The highest BCUT2D eigenvalue weighted by Gasteiger charge is 2.45. The molecule has 202 valence electrons. The molecule has 38 heavy (non-hydrogen) atoms. The summed E-state index contributed by atoms with van der Waals surface area (Å²) in [6.07, 6.45) is 3.67. The van der Waals surface area contributed by atoms with Crippen LogP contribution in [0.15, 0.2) is 59.3 Å². The zero-order valence-electron chi connectivity index (χ0n) is 21.2. The normalized spacial score (nSPS) is 17.7. The highest BCUT2D eigenvalue weighted by atomic mass is 32.1. The summed E-state index contributed by atoms with van der Waals surface area (Å²) >= 11 is 2.67. The standard InChI is InChI=1S/C28H32N2O6S2/c1-30(15-14-29-26(32)19-35-22-10-6-20(18-31)7-11-22)21-8-12-23(13-9-21)36-27(33)28(34,24-4-2-16-37-24)25-5-3-17-38-25/h2-7,10-11,16-18,21,23,34H,8-9,12-15,19H2,1H3,(H,29,32). The first-order valence-electron chi connectivity index (χ1n) is 12.6. The molecule has 1 aliphatic carbocycles. The molecule has 3 aromatic rings. The van der Waals surface area contributed by atoms with Crippen LogP contribution in [0.1, 0.15) is 45.8 Å². The molecular formula is C28H32N2O6S2. The molecule has 1 saturated carbocycles. The lowest BCUT2D eigenvalue weighted by Crippen LogP contribution is -2.43. The van der Waals surface area contributed by atoms with Crippen LogP contribution >= 0.6 is 22.7 Å². The molecule has 1 aromatic carbocycles. The molecule has 2 aromatic heterocycles. The molecule has 8 nitrogen and oxygen atoms in total. The van der Waals surface area contributed by atoms with Crippen molar-refractivity contribution in [3.8, 4) is 5.75 Å². The summed E-state index contributed by atoms with van der Waals surface area (Å²) in [4.78, 5) is 39.3. The highest BCUT2D eigenvalue weighted by Crippen LogP contribution is 2.38. The van der Waals surface area contributed by atoms with Crippen molar-refractivity contribution < 1.29 is 29.0 Å². The van der Waals surface area contributed by atoms with E-state index >= 15 is 0 Å². The molecular weight excluding hydrogens is 524 g/mol. The molecule has 0 bridgehead atoms. The molecule has 0 aliphatic heterocycles. The van der Waals surface area contributed by atoms with Gasteiger partial charge in [0.05, 0.1) is 9.75 Å². The largest absolute Gasteiger partial charge is 0.484 e. The summed E-state index contributed by atoms with van der Waals surface area (Å²) in [6, 6.07) is 14.1. The Kier molecular flexibility index (Phi) is 9.68. The summed E-state index contributed by atoms with van der Waals surface area (Å²) in [5, 5.41) is 18.0. The topological polar surface area (TPSA) is 105 Å². The fourth-order valence-electron chi connectivity index (χ4n) is 4.53. The summed E-state index contributed by atoms with van der Waals surface area (Å²) in [5.41, 5.74) is -1.23. The monoisotopic (exact) mass is 556 g/mol. The van der Waals surface area contributed by atoms with Gasteiger partial charge in [-0.2, -0.15) is 0 Å². The van der Waals surface area contributed by atoms with Crippen LogP contribution in [0, 0.1) is 0 Å². The number of likely N-dealkylation sites (N-methyl/N-ethyl adjacent to an activating group) is 1. The van der Waals surface area contributed by atoms with Crippen LogP contribution in [0.2, 0.25) is 0 Å². The number of hydrogen-bond acceptors (Lipinski definition) is 9. The number of aliphatic hydroxyl groups is 1. The summed E-state index contributed by atoms with van der Waals surface area (Å²) in [6.45, 7) is 1.08. The first-order valence-corrected chi connectivity index (χ1v) is 14.3. The van der Waals surface area contributed by atoms with E-state index in [-0.39, 0.29) is 18.6 Å². The molecule has 2 N–H and O–H groups in total. The quantitative estimate of drug-likeness (QED) is 0.258. The molecule has 2 heterocycles. The van der Waals surface area contributed by atoms with Gasteiger partial charge in [-0.3, -0.25) is 9.59 Å². The van der Waals surface area contributed by atoms with Crippen molar-refractivity contribution in [2.45, 2.75) is 43.4 Å². The fourth-order valence-corrected chi connectivity index (χ4v) is 6.24. The maximum absolute atomic E-state index is 13.2. The number of thiophene rings is 2. The lowest BCUT2D eigenvalue weighted by Gasteiger charge is -2.35. The van der Waals surface area contributed by atoms with Crippen molar-refractivity contribution in [3.63, 3.8) is 0 Å². The SMILES string of the molecule is CN(CCNC(=O)COc1ccc(C=O)cc1)C1CCC(OC(=O)C(O)(c2cccs2)c2cccs2)CC1. The molecule has 0 atom stereocenters. The summed E-state index contributed by atoms with van der Waals surface area (Å²) in [5.74, 6) is -0.300. The number of rotatable bonds is 12. The van der Waals surface area contributed by atoms with E-state index in [1.54, 1.807) is 36.4 Å².